The number of hydrogen-bond donors (Lipinski definition) is 1. The minimum absolute atomic E-state index is 0.103. The Hall–Kier alpha value is -2.33. The number of anilines is 1. The maximum Gasteiger partial charge on any atom is 0.264 e. The molecular formula is C17H14N2OS. The number of nitrogen functional groups attached to an aromatic ring is 1. The average Bonchev–Trinajstić information content (AvgIpc) is 3.09. The van der Waals surface area contributed by atoms with Gasteiger partial charge in [0, 0.05) is 23.5 Å². The van der Waals surface area contributed by atoms with Gasteiger partial charge in [0.2, 0.25) is 0 Å². The molecule has 1 aliphatic heterocycles. The summed E-state index contributed by atoms with van der Waals surface area (Å²) in [6.45, 7) is 1.40. The predicted molar refractivity (Wildman–Crippen MR) is 86.3 cm³/mol. The first-order valence-electron chi connectivity index (χ1n) is 6.86. The molecule has 2 aromatic carbocycles. The third-order valence-corrected chi connectivity index (χ3v) is 4.98. The molecule has 3 nitrogen and oxygen atoms in total. The van der Waals surface area contributed by atoms with Crippen LogP contribution in [0.15, 0.2) is 48.5 Å². The number of fused-ring (bicyclic) bond motifs is 2. The molecule has 0 bridgehead atoms. The van der Waals surface area contributed by atoms with Gasteiger partial charge in [-0.2, -0.15) is 0 Å². The number of nitrogens with zero attached hydrogens (tertiary/aromatic N) is 1. The Morgan fingerprint density at radius 3 is 2.48 bits per heavy atom. The lowest BCUT2D eigenvalue weighted by atomic mass is 10.1. The molecule has 0 aliphatic carbocycles. The number of nitrogens with two attached hydrogens (primary N) is 1. The van der Waals surface area contributed by atoms with E-state index >= 15 is 0 Å². The van der Waals surface area contributed by atoms with Crippen LogP contribution in [0.3, 0.4) is 0 Å². The van der Waals surface area contributed by atoms with E-state index in [1.807, 2.05) is 41.3 Å². The molecule has 1 aliphatic rings. The largest absolute Gasteiger partial charge is 0.399 e. The Morgan fingerprint density at radius 1 is 1.05 bits per heavy atom. The summed E-state index contributed by atoms with van der Waals surface area (Å²) in [4.78, 5) is 15.4. The van der Waals surface area contributed by atoms with Crippen molar-refractivity contribution in [3.63, 3.8) is 0 Å². The molecule has 2 N–H and O–H groups in total. The van der Waals surface area contributed by atoms with Crippen molar-refractivity contribution in [2.24, 2.45) is 0 Å². The zero-order valence-corrected chi connectivity index (χ0v) is 12.2. The zero-order valence-electron chi connectivity index (χ0n) is 11.4. The highest BCUT2D eigenvalue weighted by Gasteiger charge is 2.25. The van der Waals surface area contributed by atoms with Crippen LogP contribution in [0.2, 0.25) is 0 Å². The first-order chi connectivity index (χ1) is 10.2. The maximum atomic E-state index is 12.7. The molecule has 0 spiro atoms. The van der Waals surface area contributed by atoms with Gasteiger partial charge in [-0.3, -0.25) is 4.79 Å². The molecule has 2 heterocycles. The van der Waals surface area contributed by atoms with Crippen molar-refractivity contribution in [1.29, 1.82) is 0 Å². The minimum Gasteiger partial charge on any atom is -0.399 e. The standard InChI is InChI=1S/C17H14N2OS/c18-14-5-6-15-13(7-14)8-16(21-15)17(20)19-9-11-3-1-2-4-12(11)10-19/h1-8H,9-10,18H2. The van der Waals surface area contributed by atoms with E-state index in [0.29, 0.717) is 13.1 Å². The fourth-order valence-electron chi connectivity index (χ4n) is 2.80. The SMILES string of the molecule is Nc1ccc2sc(C(=O)N3Cc4ccccc4C3)cc2c1. The summed E-state index contributed by atoms with van der Waals surface area (Å²) in [7, 11) is 0. The van der Waals surface area contributed by atoms with E-state index in [4.69, 9.17) is 5.73 Å². The van der Waals surface area contributed by atoms with E-state index in [2.05, 4.69) is 12.1 Å². The lowest BCUT2D eigenvalue weighted by Gasteiger charge is -2.13. The molecule has 1 amide bonds. The van der Waals surface area contributed by atoms with Crippen LogP contribution in [0.25, 0.3) is 10.1 Å². The Morgan fingerprint density at radius 2 is 1.76 bits per heavy atom. The Labute approximate surface area is 126 Å². The van der Waals surface area contributed by atoms with E-state index in [-0.39, 0.29) is 5.91 Å². The normalized spacial score (nSPS) is 13.6. The van der Waals surface area contributed by atoms with Crippen molar-refractivity contribution in [1.82, 2.24) is 4.90 Å². The van der Waals surface area contributed by atoms with Crippen molar-refractivity contribution in [3.05, 3.63) is 64.5 Å². The number of amides is 1. The smallest absolute Gasteiger partial charge is 0.264 e. The Kier molecular flexibility index (Phi) is 2.72. The van der Waals surface area contributed by atoms with Gasteiger partial charge in [0.15, 0.2) is 0 Å². The summed E-state index contributed by atoms with van der Waals surface area (Å²) in [5, 5.41) is 1.04. The number of carbonyl (C=O) groups excluding carboxylic acids is 1. The van der Waals surface area contributed by atoms with Crippen molar-refractivity contribution in [2.75, 3.05) is 5.73 Å². The molecule has 0 saturated carbocycles. The van der Waals surface area contributed by atoms with Crippen LogP contribution >= 0.6 is 11.3 Å². The summed E-state index contributed by atoms with van der Waals surface area (Å²) >= 11 is 1.53. The minimum atomic E-state index is 0.103. The van der Waals surface area contributed by atoms with Crippen LogP contribution in [-0.4, -0.2) is 10.8 Å². The third-order valence-electron chi connectivity index (χ3n) is 3.88. The average molecular weight is 294 g/mol. The lowest BCUT2D eigenvalue weighted by molar-refractivity contribution is 0.0756. The van der Waals surface area contributed by atoms with Gasteiger partial charge in [0.25, 0.3) is 5.91 Å². The van der Waals surface area contributed by atoms with Gasteiger partial charge >= 0.3 is 0 Å². The molecule has 0 unspecified atom stereocenters. The number of hydrogen-bond acceptors (Lipinski definition) is 3. The molecule has 104 valence electrons. The van der Waals surface area contributed by atoms with E-state index in [0.717, 1.165) is 20.7 Å². The van der Waals surface area contributed by atoms with E-state index in [1.165, 1.54) is 22.5 Å². The van der Waals surface area contributed by atoms with E-state index in [9.17, 15) is 4.79 Å². The first-order valence-corrected chi connectivity index (χ1v) is 7.67. The molecule has 3 aromatic rings. The number of thiophene rings is 1. The van der Waals surface area contributed by atoms with Crippen molar-refractivity contribution >= 4 is 33.0 Å². The van der Waals surface area contributed by atoms with Gasteiger partial charge in [-0.15, -0.1) is 11.3 Å². The highest BCUT2D eigenvalue weighted by Crippen LogP contribution is 2.30. The van der Waals surface area contributed by atoms with Gasteiger partial charge in [-0.25, -0.2) is 0 Å². The van der Waals surface area contributed by atoms with Gasteiger partial charge in [0.1, 0.15) is 0 Å². The summed E-state index contributed by atoms with van der Waals surface area (Å²) in [5.74, 6) is 0.103. The van der Waals surface area contributed by atoms with Crippen molar-refractivity contribution < 1.29 is 4.79 Å². The second-order valence-corrected chi connectivity index (χ2v) is 6.42. The fourth-order valence-corrected chi connectivity index (χ4v) is 3.81. The molecule has 1 aromatic heterocycles. The van der Waals surface area contributed by atoms with Crippen LogP contribution in [0.5, 0.6) is 0 Å². The molecule has 4 rings (SSSR count). The summed E-state index contributed by atoms with van der Waals surface area (Å²) < 4.78 is 1.10. The fraction of sp³-hybridized carbons (Fsp3) is 0.118. The first kappa shape index (κ1) is 12.4. The Balaban J connectivity index is 1.65. The number of carbonyl (C=O) groups is 1. The monoisotopic (exact) mass is 294 g/mol. The predicted octanol–water partition coefficient (Wildman–Crippen LogP) is 3.64. The summed E-state index contributed by atoms with van der Waals surface area (Å²) in [5.41, 5.74) is 9.02. The zero-order chi connectivity index (χ0) is 14.4. The van der Waals surface area contributed by atoms with Gasteiger partial charge < -0.3 is 10.6 Å². The molecule has 0 saturated heterocycles. The van der Waals surface area contributed by atoms with Crippen LogP contribution < -0.4 is 5.73 Å². The van der Waals surface area contributed by atoms with E-state index < -0.39 is 0 Å². The summed E-state index contributed by atoms with van der Waals surface area (Å²) in [6.07, 6.45) is 0. The summed E-state index contributed by atoms with van der Waals surface area (Å²) in [6, 6.07) is 15.9. The maximum absolute atomic E-state index is 12.7. The Bertz CT molecular complexity index is 828. The topological polar surface area (TPSA) is 46.3 Å². The molecular weight excluding hydrogens is 280 g/mol. The van der Waals surface area contributed by atoms with Gasteiger partial charge in [-0.1, -0.05) is 24.3 Å². The third kappa shape index (κ3) is 2.08. The number of rotatable bonds is 1. The lowest BCUT2D eigenvalue weighted by Crippen LogP contribution is -2.24. The van der Waals surface area contributed by atoms with Crippen molar-refractivity contribution in [2.45, 2.75) is 13.1 Å². The highest BCUT2D eigenvalue weighted by atomic mass is 32.1. The van der Waals surface area contributed by atoms with Crippen LogP contribution in [0.1, 0.15) is 20.8 Å². The second kappa shape index (κ2) is 4.60. The molecule has 4 heteroatoms. The number of benzene rings is 2. The second-order valence-electron chi connectivity index (χ2n) is 5.34. The van der Waals surface area contributed by atoms with Crippen molar-refractivity contribution in [3.8, 4) is 0 Å². The van der Waals surface area contributed by atoms with Crippen LogP contribution in [0, 0.1) is 0 Å². The molecule has 21 heavy (non-hydrogen) atoms. The van der Waals surface area contributed by atoms with Gasteiger partial charge in [0.05, 0.1) is 4.88 Å². The molecule has 0 atom stereocenters. The molecule has 0 radical (unpaired) electrons. The van der Waals surface area contributed by atoms with Crippen LogP contribution in [0.4, 0.5) is 5.69 Å². The molecule has 0 fully saturated rings. The van der Waals surface area contributed by atoms with E-state index in [1.54, 1.807) is 0 Å². The van der Waals surface area contributed by atoms with Gasteiger partial charge in [-0.05, 0) is 40.8 Å². The highest BCUT2D eigenvalue weighted by molar-refractivity contribution is 7.20. The quantitative estimate of drug-likeness (QED) is 0.696. The van der Waals surface area contributed by atoms with Crippen LogP contribution in [-0.2, 0) is 13.1 Å².